The van der Waals surface area contributed by atoms with Crippen molar-refractivity contribution in [2.24, 2.45) is 11.1 Å². The molecule has 0 aliphatic carbocycles. The molecule has 0 aliphatic heterocycles. The van der Waals surface area contributed by atoms with Gasteiger partial charge in [0.25, 0.3) is 0 Å². The maximum absolute atomic E-state index is 11.6. The van der Waals surface area contributed by atoms with Crippen LogP contribution >= 0.6 is 0 Å². The molecule has 1 atom stereocenters. The molecule has 0 aliphatic rings. The maximum Gasteiger partial charge on any atom is 0.313 e. The van der Waals surface area contributed by atoms with Gasteiger partial charge < -0.3 is 10.5 Å². The summed E-state index contributed by atoms with van der Waals surface area (Å²) >= 11 is 0. The van der Waals surface area contributed by atoms with Gasteiger partial charge in [0.1, 0.15) is 0 Å². The van der Waals surface area contributed by atoms with Crippen molar-refractivity contribution in [3.8, 4) is 6.07 Å². The van der Waals surface area contributed by atoms with E-state index in [0.717, 1.165) is 5.56 Å². The summed E-state index contributed by atoms with van der Waals surface area (Å²) in [7, 11) is 1.34. The van der Waals surface area contributed by atoms with Crippen molar-refractivity contribution < 1.29 is 9.53 Å². The molecule has 0 saturated heterocycles. The first kappa shape index (κ1) is 13.2. The zero-order valence-electron chi connectivity index (χ0n) is 10.2. The zero-order chi connectivity index (χ0) is 13.1. The lowest BCUT2D eigenvalue weighted by Gasteiger charge is -2.28. The van der Waals surface area contributed by atoms with Crippen molar-refractivity contribution >= 4 is 5.97 Å². The van der Waals surface area contributed by atoms with E-state index in [2.05, 4.69) is 0 Å². The highest BCUT2D eigenvalue weighted by Gasteiger charge is 2.36. The molecule has 90 valence electrons. The van der Waals surface area contributed by atoms with Crippen LogP contribution < -0.4 is 5.73 Å². The predicted molar refractivity (Wildman–Crippen MR) is 63.9 cm³/mol. The molecule has 0 fully saturated rings. The summed E-state index contributed by atoms with van der Waals surface area (Å²) < 4.78 is 4.73. The second kappa shape index (κ2) is 4.98. The lowest BCUT2D eigenvalue weighted by atomic mass is 9.81. The largest absolute Gasteiger partial charge is 0.469 e. The van der Waals surface area contributed by atoms with Crippen molar-refractivity contribution in [3.63, 3.8) is 0 Å². The minimum Gasteiger partial charge on any atom is -0.469 e. The van der Waals surface area contributed by atoms with Crippen LogP contribution in [-0.4, -0.2) is 13.1 Å². The first-order chi connectivity index (χ1) is 7.93. The van der Waals surface area contributed by atoms with Crippen LogP contribution in [0.4, 0.5) is 0 Å². The number of benzene rings is 1. The van der Waals surface area contributed by atoms with Gasteiger partial charge in [0.05, 0.1) is 24.2 Å². The third kappa shape index (κ3) is 2.63. The van der Waals surface area contributed by atoms with E-state index in [0.29, 0.717) is 5.56 Å². The van der Waals surface area contributed by atoms with Crippen LogP contribution in [0, 0.1) is 16.7 Å². The van der Waals surface area contributed by atoms with Gasteiger partial charge in [0.2, 0.25) is 0 Å². The van der Waals surface area contributed by atoms with Gasteiger partial charge >= 0.3 is 5.97 Å². The van der Waals surface area contributed by atoms with E-state index >= 15 is 0 Å². The summed E-state index contributed by atoms with van der Waals surface area (Å²) in [5.41, 5.74) is 6.63. The molecule has 0 amide bonds. The fraction of sp³-hybridized carbons (Fsp3) is 0.385. The molecule has 0 saturated carbocycles. The second-order valence-electron chi connectivity index (χ2n) is 4.42. The Kier molecular flexibility index (Phi) is 3.87. The number of rotatable bonds is 3. The SMILES string of the molecule is COC(=O)C(C)(C)[C@@H](N)c1ccc(C#N)cc1. The minimum atomic E-state index is -0.803. The van der Waals surface area contributed by atoms with Crippen LogP contribution in [0.1, 0.15) is 31.0 Å². The van der Waals surface area contributed by atoms with E-state index in [4.69, 9.17) is 15.7 Å². The third-order valence-electron chi connectivity index (χ3n) is 2.89. The number of methoxy groups -OCH3 is 1. The standard InChI is InChI=1S/C13H16N2O2/c1-13(2,12(16)17-3)11(15)10-6-4-9(8-14)5-7-10/h4-7,11H,15H2,1-3H3/t11-/m0/s1. The van der Waals surface area contributed by atoms with E-state index in [1.54, 1.807) is 38.1 Å². The van der Waals surface area contributed by atoms with Crippen LogP contribution in [0.3, 0.4) is 0 Å². The van der Waals surface area contributed by atoms with Crippen LogP contribution in [0.15, 0.2) is 24.3 Å². The molecule has 0 unspecified atom stereocenters. The maximum atomic E-state index is 11.6. The Labute approximate surface area is 101 Å². The molecule has 4 heteroatoms. The summed E-state index contributed by atoms with van der Waals surface area (Å²) in [5, 5.41) is 8.70. The smallest absolute Gasteiger partial charge is 0.313 e. The van der Waals surface area contributed by atoms with Gasteiger partial charge in [0.15, 0.2) is 0 Å². The molecule has 4 nitrogen and oxygen atoms in total. The number of carbonyl (C=O) groups is 1. The fourth-order valence-electron chi connectivity index (χ4n) is 1.57. The Bertz CT molecular complexity index is 443. The van der Waals surface area contributed by atoms with E-state index in [1.807, 2.05) is 6.07 Å². The predicted octanol–water partition coefficient (Wildman–Crippen LogP) is 1.76. The van der Waals surface area contributed by atoms with Crippen molar-refractivity contribution in [1.82, 2.24) is 0 Å². The molecular weight excluding hydrogens is 216 g/mol. The minimum absolute atomic E-state index is 0.352. The number of nitrogens with zero attached hydrogens (tertiary/aromatic N) is 1. The van der Waals surface area contributed by atoms with Gasteiger partial charge in [0, 0.05) is 6.04 Å². The molecule has 1 aromatic carbocycles. The molecule has 0 spiro atoms. The molecule has 17 heavy (non-hydrogen) atoms. The molecule has 0 bridgehead atoms. The molecule has 0 aromatic heterocycles. The number of nitriles is 1. The summed E-state index contributed by atoms with van der Waals surface area (Å²) in [5.74, 6) is -0.352. The number of nitrogens with two attached hydrogens (primary N) is 1. The Morgan fingerprint density at radius 3 is 2.35 bits per heavy atom. The Morgan fingerprint density at radius 2 is 1.94 bits per heavy atom. The van der Waals surface area contributed by atoms with Crippen molar-refractivity contribution in [3.05, 3.63) is 35.4 Å². The highest BCUT2D eigenvalue weighted by Crippen LogP contribution is 2.32. The van der Waals surface area contributed by atoms with Crippen LogP contribution in [0.5, 0.6) is 0 Å². The Balaban J connectivity index is 3.00. The molecule has 1 rings (SSSR count). The lowest BCUT2D eigenvalue weighted by Crippen LogP contribution is -2.37. The normalized spacial score (nSPS) is 12.6. The topological polar surface area (TPSA) is 76.1 Å². The summed E-state index contributed by atoms with van der Waals surface area (Å²) in [6, 6.07) is 8.45. The first-order valence-electron chi connectivity index (χ1n) is 5.27. The van der Waals surface area contributed by atoms with Gasteiger partial charge in [-0.1, -0.05) is 12.1 Å². The van der Waals surface area contributed by atoms with Gasteiger partial charge in [-0.25, -0.2) is 0 Å². The highest BCUT2D eigenvalue weighted by atomic mass is 16.5. The van der Waals surface area contributed by atoms with E-state index < -0.39 is 11.5 Å². The number of hydrogen-bond acceptors (Lipinski definition) is 4. The van der Waals surface area contributed by atoms with E-state index in [9.17, 15) is 4.79 Å². The second-order valence-corrected chi connectivity index (χ2v) is 4.42. The number of ether oxygens (including phenoxy) is 1. The number of hydrogen-bond donors (Lipinski definition) is 1. The van der Waals surface area contributed by atoms with Gasteiger partial charge in [-0.3, -0.25) is 4.79 Å². The van der Waals surface area contributed by atoms with Crippen molar-refractivity contribution in [1.29, 1.82) is 5.26 Å². The molecule has 1 aromatic rings. The monoisotopic (exact) mass is 232 g/mol. The Hall–Kier alpha value is -1.86. The van der Waals surface area contributed by atoms with Gasteiger partial charge in [-0.15, -0.1) is 0 Å². The van der Waals surface area contributed by atoms with Crippen LogP contribution in [0.2, 0.25) is 0 Å². The van der Waals surface area contributed by atoms with Gasteiger partial charge in [-0.2, -0.15) is 5.26 Å². The third-order valence-corrected chi connectivity index (χ3v) is 2.89. The van der Waals surface area contributed by atoms with Crippen LogP contribution in [0.25, 0.3) is 0 Å². The summed E-state index contributed by atoms with van der Waals surface area (Å²) in [6.07, 6.45) is 0. The van der Waals surface area contributed by atoms with Crippen molar-refractivity contribution in [2.75, 3.05) is 7.11 Å². The van der Waals surface area contributed by atoms with E-state index in [1.165, 1.54) is 7.11 Å². The quantitative estimate of drug-likeness (QED) is 0.805. The molecule has 0 heterocycles. The van der Waals surface area contributed by atoms with E-state index in [-0.39, 0.29) is 5.97 Å². The van der Waals surface area contributed by atoms with Gasteiger partial charge in [-0.05, 0) is 31.5 Å². The highest BCUT2D eigenvalue weighted by molar-refractivity contribution is 5.77. The Morgan fingerprint density at radius 1 is 1.41 bits per heavy atom. The molecule has 0 radical (unpaired) electrons. The zero-order valence-corrected chi connectivity index (χ0v) is 10.2. The van der Waals surface area contributed by atoms with Crippen molar-refractivity contribution in [2.45, 2.75) is 19.9 Å². The average molecular weight is 232 g/mol. The molecule has 2 N–H and O–H groups in total. The fourth-order valence-corrected chi connectivity index (χ4v) is 1.57. The first-order valence-corrected chi connectivity index (χ1v) is 5.27. The summed E-state index contributed by atoms with van der Waals surface area (Å²) in [4.78, 5) is 11.6. The van der Waals surface area contributed by atoms with Crippen LogP contribution in [-0.2, 0) is 9.53 Å². The molecular formula is C13H16N2O2. The average Bonchev–Trinajstić information content (AvgIpc) is 2.36. The number of carbonyl (C=O) groups excluding carboxylic acids is 1. The lowest BCUT2D eigenvalue weighted by molar-refractivity contribution is -0.152. The number of esters is 1. The summed E-state index contributed by atoms with van der Waals surface area (Å²) in [6.45, 7) is 3.48.